The van der Waals surface area contributed by atoms with Crippen LogP contribution in [0.25, 0.3) is 0 Å². The third-order valence-corrected chi connectivity index (χ3v) is 4.68. The van der Waals surface area contributed by atoms with Crippen molar-refractivity contribution < 1.29 is 9.47 Å². The van der Waals surface area contributed by atoms with Crippen molar-refractivity contribution in [1.82, 2.24) is 0 Å². The Kier molecular flexibility index (Phi) is 5.56. The van der Waals surface area contributed by atoms with Crippen molar-refractivity contribution in [3.63, 3.8) is 0 Å². The van der Waals surface area contributed by atoms with Crippen LogP contribution >= 0.6 is 27.7 Å². The molecule has 0 spiro atoms. The van der Waals surface area contributed by atoms with Crippen LogP contribution in [0.15, 0.2) is 45.8 Å². The maximum absolute atomic E-state index is 6.40. The van der Waals surface area contributed by atoms with Gasteiger partial charge in [-0.1, -0.05) is 12.1 Å². The maximum atomic E-state index is 6.40. The first-order valence-corrected chi connectivity index (χ1v) is 8.43. The monoisotopic (exact) mass is 367 g/mol. The number of rotatable bonds is 5. The molecule has 0 aliphatic rings. The van der Waals surface area contributed by atoms with Crippen LogP contribution in [0.1, 0.15) is 17.2 Å². The van der Waals surface area contributed by atoms with Crippen LogP contribution in [0.3, 0.4) is 0 Å². The highest BCUT2D eigenvalue weighted by molar-refractivity contribution is 9.10. The van der Waals surface area contributed by atoms with E-state index in [0.29, 0.717) is 0 Å². The number of hydrogen-bond donors (Lipinski definition) is 1. The molecule has 21 heavy (non-hydrogen) atoms. The molecule has 0 aliphatic heterocycles. The van der Waals surface area contributed by atoms with E-state index in [9.17, 15) is 0 Å². The highest BCUT2D eigenvalue weighted by Crippen LogP contribution is 2.37. The summed E-state index contributed by atoms with van der Waals surface area (Å²) in [5, 5.41) is 0. The zero-order valence-electron chi connectivity index (χ0n) is 12.2. The summed E-state index contributed by atoms with van der Waals surface area (Å²) in [7, 11) is 3.27. The smallest absolute Gasteiger partial charge is 0.133 e. The van der Waals surface area contributed by atoms with Crippen molar-refractivity contribution in [3.05, 3.63) is 52.0 Å². The largest absolute Gasteiger partial charge is 0.496 e. The van der Waals surface area contributed by atoms with Gasteiger partial charge in [0.25, 0.3) is 0 Å². The minimum absolute atomic E-state index is 0.266. The van der Waals surface area contributed by atoms with Gasteiger partial charge >= 0.3 is 0 Å². The van der Waals surface area contributed by atoms with Gasteiger partial charge in [-0.25, -0.2) is 0 Å². The number of halogens is 1. The molecule has 2 N–H and O–H groups in total. The molecule has 0 aromatic heterocycles. The predicted octanol–water partition coefficient (Wildman–Crippen LogP) is 4.24. The van der Waals surface area contributed by atoms with Gasteiger partial charge in [-0.3, -0.25) is 0 Å². The average Bonchev–Trinajstić information content (AvgIpc) is 2.54. The topological polar surface area (TPSA) is 44.5 Å². The molecule has 0 heterocycles. The molecule has 5 heteroatoms. The molecule has 2 aromatic rings. The lowest BCUT2D eigenvalue weighted by molar-refractivity contribution is 0.395. The van der Waals surface area contributed by atoms with Gasteiger partial charge < -0.3 is 15.2 Å². The fraction of sp³-hybridized carbons (Fsp3) is 0.250. The molecule has 2 rings (SSSR count). The summed E-state index contributed by atoms with van der Waals surface area (Å²) in [6.07, 6.45) is 2.05. The van der Waals surface area contributed by atoms with Crippen LogP contribution in [-0.2, 0) is 0 Å². The zero-order valence-corrected chi connectivity index (χ0v) is 14.6. The van der Waals surface area contributed by atoms with Crippen molar-refractivity contribution in [2.75, 3.05) is 20.5 Å². The van der Waals surface area contributed by atoms with Gasteiger partial charge in [-0.2, -0.15) is 0 Å². The standard InChI is InChI=1S/C16H18BrNO2S/c1-19-14-9-13(17)15(20-2)8-12(14)16(18)10-4-6-11(21-3)7-5-10/h4-9,16H,18H2,1-3H3. The van der Waals surface area contributed by atoms with Crippen LogP contribution < -0.4 is 15.2 Å². The van der Waals surface area contributed by atoms with Crippen molar-refractivity contribution in [3.8, 4) is 11.5 Å². The normalized spacial score (nSPS) is 12.0. The SMILES string of the molecule is COc1cc(C(N)c2ccc(SC)cc2)c(OC)cc1Br. The molecule has 0 aliphatic carbocycles. The molecule has 3 nitrogen and oxygen atoms in total. The van der Waals surface area contributed by atoms with Gasteiger partial charge in [-0.05, 0) is 52.0 Å². The molecule has 0 saturated heterocycles. The number of thioether (sulfide) groups is 1. The Morgan fingerprint density at radius 2 is 1.67 bits per heavy atom. The Labute approximate surface area is 138 Å². The lowest BCUT2D eigenvalue weighted by atomic mass is 9.98. The van der Waals surface area contributed by atoms with Gasteiger partial charge in [0, 0.05) is 10.5 Å². The summed E-state index contributed by atoms with van der Waals surface area (Å²) >= 11 is 5.17. The second kappa shape index (κ2) is 7.20. The summed E-state index contributed by atoms with van der Waals surface area (Å²) < 4.78 is 11.6. The molecular formula is C16H18BrNO2S. The highest BCUT2D eigenvalue weighted by atomic mass is 79.9. The van der Waals surface area contributed by atoms with Crippen molar-refractivity contribution in [2.24, 2.45) is 5.73 Å². The van der Waals surface area contributed by atoms with E-state index in [2.05, 4.69) is 34.3 Å². The molecule has 112 valence electrons. The fourth-order valence-corrected chi connectivity index (χ4v) is 3.01. The van der Waals surface area contributed by atoms with E-state index >= 15 is 0 Å². The average molecular weight is 368 g/mol. The summed E-state index contributed by atoms with van der Waals surface area (Å²) in [5.74, 6) is 1.48. The Bertz CT molecular complexity index is 616. The summed E-state index contributed by atoms with van der Waals surface area (Å²) in [5.41, 5.74) is 8.34. The van der Waals surface area contributed by atoms with Crippen molar-refractivity contribution >= 4 is 27.7 Å². The number of methoxy groups -OCH3 is 2. The van der Waals surface area contributed by atoms with Crippen LogP contribution in [0.2, 0.25) is 0 Å². The second-order valence-corrected chi connectivity index (χ2v) is 6.21. The van der Waals surface area contributed by atoms with E-state index in [4.69, 9.17) is 15.2 Å². The van der Waals surface area contributed by atoms with Crippen molar-refractivity contribution in [1.29, 1.82) is 0 Å². The lowest BCUT2D eigenvalue weighted by Crippen LogP contribution is -2.13. The Morgan fingerprint density at radius 1 is 1.05 bits per heavy atom. The van der Waals surface area contributed by atoms with Crippen LogP contribution in [-0.4, -0.2) is 20.5 Å². The minimum atomic E-state index is -0.266. The molecule has 0 saturated carbocycles. The van der Waals surface area contributed by atoms with E-state index < -0.39 is 0 Å². The number of hydrogen-bond acceptors (Lipinski definition) is 4. The van der Waals surface area contributed by atoms with Gasteiger partial charge in [0.15, 0.2) is 0 Å². The molecule has 2 aromatic carbocycles. The summed E-state index contributed by atoms with van der Waals surface area (Å²) in [6, 6.07) is 11.8. The summed E-state index contributed by atoms with van der Waals surface area (Å²) in [6.45, 7) is 0. The first-order valence-electron chi connectivity index (χ1n) is 6.41. The third-order valence-electron chi connectivity index (χ3n) is 3.31. The van der Waals surface area contributed by atoms with Gasteiger partial charge in [0.2, 0.25) is 0 Å². The lowest BCUT2D eigenvalue weighted by Gasteiger charge is -2.18. The molecule has 0 bridgehead atoms. The zero-order chi connectivity index (χ0) is 15.4. The summed E-state index contributed by atoms with van der Waals surface area (Å²) in [4.78, 5) is 1.21. The molecular weight excluding hydrogens is 350 g/mol. The maximum Gasteiger partial charge on any atom is 0.133 e. The van der Waals surface area contributed by atoms with E-state index in [1.54, 1.807) is 26.0 Å². The van der Waals surface area contributed by atoms with E-state index in [-0.39, 0.29) is 6.04 Å². The Morgan fingerprint density at radius 3 is 2.19 bits per heavy atom. The number of ether oxygens (including phenoxy) is 2. The van der Waals surface area contributed by atoms with E-state index in [0.717, 1.165) is 27.1 Å². The first kappa shape index (κ1) is 16.2. The molecule has 0 fully saturated rings. The highest BCUT2D eigenvalue weighted by Gasteiger charge is 2.17. The van der Waals surface area contributed by atoms with Gasteiger partial charge in [0.05, 0.1) is 24.7 Å². The Hall–Kier alpha value is -1.17. The second-order valence-electron chi connectivity index (χ2n) is 4.48. The number of nitrogens with two attached hydrogens (primary N) is 1. The van der Waals surface area contributed by atoms with E-state index in [1.165, 1.54) is 4.90 Å². The minimum Gasteiger partial charge on any atom is -0.496 e. The number of benzene rings is 2. The molecule has 0 radical (unpaired) electrons. The van der Waals surface area contributed by atoms with Gasteiger partial charge in [-0.15, -0.1) is 11.8 Å². The van der Waals surface area contributed by atoms with Crippen LogP contribution in [0.5, 0.6) is 11.5 Å². The van der Waals surface area contributed by atoms with Crippen LogP contribution in [0.4, 0.5) is 0 Å². The van der Waals surface area contributed by atoms with Gasteiger partial charge in [0.1, 0.15) is 11.5 Å². The van der Waals surface area contributed by atoms with Crippen LogP contribution in [0, 0.1) is 0 Å². The first-order chi connectivity index (χ1) is 10.1. The Balaban J connectivity index is 2.43. The molecule has 0 amide bonds. The quantitative estimate of drug-likeness (QED) is 0.802. The molecule has 1 unspecified atom stereocenters. The van der Waals surface area contributed by atoms with Crippen molar-refractivity contribution in [2.45, 2.75) is 10.9 Å². The molecule has 1 atom stereocenters. The predicted molar refractivity (Wildman–Crippen MR) is 91.5 cm³/mol. The van der Waals surface area contributed by atoms with E-state index in [1.807, 2.05) is 24.3 Å². The fourth-order valence-electron chi connectivity index (χ4n) is 2.12. The third kappa shape index (κ3) is 3.54.